The Balaban J connectivity index is 0.000000519. The zero-order valence-electron chi connectivity index (χ0n) is 23.2. The first-order valence-electron chi connectivity index (χ1n) is 14.5. The average molecular weight is 533 g/mol. The van der Waals surface area contributed by atoms with Crippen LogP contribution in [-0.2, 0) is 6.42 Å². The summed E-state index contributed by atoms with van der Waals surface area (Å²) in [6.45, 7) is 3.46. The number of piperidine rings is 1. The summed E-state index contributed by atoms with van der Waals surface area (Å²) >= 11 is 0. The van der Waals surface area contributed by atoms with E-state index in [0.717, 1.165) is 38.1 Å². The molecule has 3 nitrogen and oxygen atoms in total. The number of aryl methyl sites for hydroxylation is 1. The van der Waals surface area contributed by atoms with Gasteiger partial charge in [0.1, 0.15) is 11.6 Å². The third-order valence-electron chi connectivity index (χ3n) is 8.33. The highest BCUT2D eigenvalue weighted by atomic mass is 19.1. The molecule has 2 aliphatic rings. The van der Waals surface area contributed by atoms with E-state index in [-0.39, 0.29) is 23.6 Å². The zero-order chi connectivity index (χ0) is 27.5. The van der Waals surface area contributed by atoms with Gasteiger partial charge in [-0.1, -0.05) is 61.0 Å². The van der Waals surface area contributed by atoms with Crippen LogP contribution in [0, 0.1) is 23.5 Å². The van der Waals surface area contributed by atoms with Crippen LogP contribution >= 0.6 is 0 Å². The van der Waals surface area contributed by atoms with Gasteiger partial charge in [0.25, 0.3) is 5.91 Å². The highest BCUT2D eigenvalue weighted by Crippen LogP contribution is 2.32. The number of hydrogen-bond acceptors (Lipinski definition) is 2. The molecule has 1 amide bonds. The van der Waals surface area contributed by atoms with E-state index in [2.05, 4.69) is 4.90 Å². The lowest BCUT2D eigenvalue weighted by Gasteiger charge is -2.34. The highest BCUT2D eigenvalue weighted by molar-refractivity contribution is 5.94. The molecule has 0 bridgehead atoms. The van der Waals surface area contributed by atoms with Crippen LogP contribution in [-0.4, -0.2) is 48.4 Å². The maximum Gasteiger partial charge on any atom is 0.253 e. The first-order valence-corrected chi connectivity index (χ1v) is 14.5. The van der Waals surface area contributed by atoms with E-state index in [1.54, 1.807) is 24.3 Å². The third kappa shape index (κ3) is 9.28. The molecule has 208 valence electrons. The maximum absolute atomic E-state index is 13.5. The number of rotatable bonds is 8. The van der Waals surface area contributed by atoms with Crippen molar-refractivity contribution in [2.75, 3.05) is 26.7 Å². The van der Waals surface area contributed by atoms with E-state index in [4.69, 9.17) is 0 Å². The molecule has 0 radical (unpaired) electrons. The lowest BCUT2D eigenvalue weighted by Crippen LogP contribution is -2.38. The molecule has 0 N–H and O–H groups in total. The van der Waals surface area contributed by atoms with Crippen molar-refractivity contribution >= 4 is 5.91 Å². The Hall–Kier alpha value is -3.05. The molecule has 5 rings (SSSR count). The Morgan fingerprint density at radius 2 is 1.49 bits per heavy atom. The molecule has 1 saturated heterocycles. The Labute approximate surface area is 232 Å². The number of likely N-dealkylation sites (tertiary alicyclic amines) is 1. The highest BCUT2D eigenvalue weighted by Gasteiger charge is 2.32. The quantitative estimate of drug-likeness (QED) is 0.298. The first-order chi connectivity index (χ1) is 19.0. The molecule has 0 spiro atoms. The van der Waals surface area contributed by atoms with Gasteiger partial charge >= 0.3 is 0 Å². The lowest BCUT2D eigenvalue weighted by molar-refractivity contribution is 0.0728. The SMILES string of the molecule is CN(C(=O)c1cccc(F)c1)C1CCC(CN2CCC(CCCc3ccc(F)cc3)CC2)C1.c1ccccc1. The van der Waals surface area contributed by atoms with Crippen LogP contribution in [0.4, 0.5) is 8.78 Å². The Morgan fingerprint density at radius 3 is 2.13 bits per heavy atom. The molecule has 2 atom stereocenters. The normalized spacial score (nSPS) is 19.8. The van der Waals surface area contributed by atoms with Crippen LogP contribution in [0.5, 0.6) is 0 Å². The van der Waals surface area contributed by atoms with E-state index < -0.39 is 0 Å². The molecule has 0 aromatic heterocycles. The Morgan fingerprint density at radius 1 is 0.821 bits per heavy atom. The summed E-state index contributed by atoms with van der Waals surface area (Å²) in [5, 5.41) is 0. The molecular formula is C34H42F2N2O. The first kappa shape index (κ1) is 28.9. The molecule has 2 unspecified atom stereocenters. The summed E-state index contributed by atoms with van der Waals surface area (Å²) in [7, 11) is 1.86. The molecule has 39 heavy (non-hydrogen) atoms. The number of benzene rings is 3. The van der Waals surface area contributed by atoms with Crippen LogP contribution in [0.2, 0.25) is 0 Å². The summed E-state index contributed by atoms with van der Waals surface area (Å²) < 4.78 is 26.5. The monoisotopic (exact) mass is 532 g/mol. The van der Waals surface area contributed by atoms with Crippen LogP contribution in [0.25, 0.3) is 0 Å². The maximum atomic E-state index is 13.5. The summed E-state index contributed by atoms with van der Waals surface area (Å²) in [6.07, 6.45) is 9.21. The summed E-state index contributed by atoms with van der Waals surface area (Å²) in [5.41, 5.74) is 1.66. The van der Waals surface area contributed by atoms with Crippen molar-refractivity contribution in [1.82, 2.24) is 9.80 Å². The van der Waals surface area contributed by atoms with Crippen LogP contribution in [0.3, 0.4) is 0 Å². The summed E-state index contributed by atoms with van der Waals surface area (Å²) in [6, 6.07) is 25.1. The molecule has 1 aliphatic carbocycles. The molecule has 1 saturated carbocycles. The fourth-order valence-corrected chi connectivity index (χ4v) is 6.01. The number of carbonyl (C=O) groups excluding carboxylic acids is 1. The van der Waals surface area contributed by atoms with E-state index in [9.17, 15) is 13.6 Å². The minimum absolute atomic E-state index is 0.0819. The fraction of sp³-hybridized carbons (Fsp3) is 0.441. The molecule has 1 heterocycles. The van der Waals surface area contributed by atoms with Crippen molar-refractivity contribution in [3.05, 3.63) is 108 Å². The predicted octanol–water partition coefficient (Wildman–Crippen LogP) is 7.63. The lowest BCUT2D eigenvalue weighted by atomic mass is 9.90. The number of amides is 1. The Bertz CT molecular complexity index is 1100. The molecule has 3 aromatic carbocycles. The van der Waals surface area contributed by atoms with Crippen LogP contribution in [0.1, 0.15) is 60.9 Å². The predicted molar refractivity (Wildman–Crippen MR) is 155 cm³/mol. The van der Waals surface area contributed by atoms with Crippen LogP contribution < -0.4 is 0 Å². The van der Waals surface area contributed by atoms with Crippen molar-refractivity contribution in [2.45, 2.75) is 57.4 Å². The van der Waals surface area contributed by atoms with Gasteiger partial charge in [0.2, 0.25) is 0 Å². The van der Waals surface area contributed by atoms with Crippen molar-refractivity contribution in [2.24, 2.45) is 11.8 Å². The van der Waals surface area contributed by atoms with Gasteiger partial charge in [-0.2, -0.15) is 0 Å². The van der Waals surface area contributed by atoms with Crippen molar-refractivity contribution in [1.29, 1.82) is 0 Å². The topological polar surface area (TPSA) is 23.6 Å². The standard InChI is InChI=1S/C28H36F2N2O.C6H6/c1-31(28(33)24-6-3-7-26(30)19-24)27-13-10-23(18-27)20-32-16-14-22(15-17-32)5-2-4-21-8-11-25(29)12-9-21;1-2-4-6-5-3-1/h3,6-9,11-12,19,22-23,27H,2,4-5,10,13-18,20H2,1H3;1-6H. The van der Waals surface area contributed by atoms with Gasteiger partial charge < -0.3 is 9.80 Å². The molecule has 5 heteroatoms. The average Bonchev–Trinajstić information content (AvgIpc) is 3.44. The van der Waals surface area contributed by atoms with Crippen molar-refractivity contribution in [3.63, 3.8) is 0 Å². The number of hydrogen-bond donors (Lipinski definition) is 0. The van der Waals surface area contributed by atoms with E-state index in [1.807, 2.05) is 60.5 Å². The van der Waals surface area contributed by atoms with Gasteiger partial charge in [0.15, 0.2) is 0 Å². The van der Waals surface area contributed by atoms with Gasteiger partial charge in [-0.25, -0.2) is 8.78 Å². The number of carbonyl (C=O) groups is 1. The van der Waals surface area contributed by atoms with E-state index in [0.29, 0.717) is 11.5 Å². The van der Waals surface area contributed by atoms with Crippen LogP contribution in [0.15, 0.2) is 84.9 Å². The third-order valence-corrected chi connectivity index (χ3v) is 8.33. The fourth-order valence-electron chi connectivity index (χ4n) is 6.01. The second-order valence-electron chi connectivity index (χ2n) is 11.2. The Kier molecular flexibility index (Phi) is 11.1. The second-order valence-corrected chi connectivity index (χ2v) is 11.2. The van der Waals surface area contributed by atoms with Crippen molar-refractivity contribution < 1.29 is 13.6 Å². The zero-order valence-corrected chi connectivity index (χ0v) is 23.2. The number of nitrogens with zero attached hydrogens (tertiary/aromatic N) is 2. The van der Waals surface area contributed by atoms with Gasteiger partial charge in [-0.15, -0.1) is 0 Å². The van der Waals surface area contributed by atoms with E-state index >= 15 is 0 Å². The molecule has 2 fully saturated rings. The van der Waals surface area contributed by atoms with Crippen molar-refractivity contribution in [3.8, 4) is 0 Å². The molecule has 1 aliphatic heterocycles. The minimum Gasteiger partial charge on any atom is -0.339 e. The van der Waals surface area contributed by atoms with Gasteiger partial charge in [-0.05, 0) is 106 Å². The molecule has 3 aromatic rings. The summed E-state index contributed by atoms with van der Waals surface area (Å²) in [5.74, 6) is 0.823. The number of halogens is 2. The van der Waals surface area contributed by atoms with Gasteiger partial charge in [0.05, 0.1) is 0 Å². The smallest absolute Gasteiger partial charge is 0.253 e. The van der Waals surface area contributed by atoms with Gasteiger partial charge in [0, 0.05) is 25.2 Å². The second kappa shape index (κ2) is 14.9. The summed E-state index contributed by atoms with van der Waals surface area (Å²) in [4.78, 5) is 17.2. The minimum atomic E-state index is -0.364. The largest absolute Gasteiger partial charge is 0.339 e. The van der Waals surface area contributed by atoms with Gasteiger partial charge in [-0.3, -0.25) is 4.79 Å². The van der Waals surface area contributed by atoms with E-state index in [1.165, 1.54) is 56.5 Å². The molecular weight excluding hydrogens is 490 g/mol.